The van der Waals surface area contributed by atoms with E-state index in [1.165, 1.54) is 17.7 Å². The van der Waals surface area contributed by atoms with Crippen LogP contribution in [0.4, 0.5) is 0 Å². The van der Waals surface area contributed by atoms with Gasteiger partial charge in [0.2, 0.25) is 0 Å². The third-order valence-corrected chi connectivity index (χ3v) is 3.03. The fraction of sp³-hybridized carbons (Fsp3) is 0.636. The SMILES string of the molecule is CC(C)(CN)c1ncnc2c1CCC2. The maximum atomic E-state index is 5.77. The van der Waals surface area contributed by atoms with E-state index >= 15 is 0 Å². The van der Waals surface area contributed by atoms with Gasteiger partial charge in [-0.2, -0.15) is 0 Å². The molecule has 0 fully saturated rings. The number of nitrogens with zero attached hydrogens (tertiary/aromatic N) is 2. The molecule has 2 N–H and O–H groups in total. The Morgan fingerprint density at radius 3 is 2.86 bits per heavy atom. The van der Waals surface area contributed by atoms with Gasteiger partial charge >= 0.3 is 0 Å². The Morgan fingerprint density at radius 1 is 1.36 bits per heavy atom. The second-order valence-electron chi connectivity index (χ2n) is 4.59. The Morgan fingerprint density at radius 2 is 2.14 bits per heavy atom. The van der Waals surface area contributed by atoms with E-state index in [1.807, 2.05) is 0 Å². The van der Waals surface area contributed by atoms with Gasteiger partial charge in [0, 0.05) is 17.7 Å². The fourth-order valence-electron chi connectivity index (χ4n) is 2.04. The summed E-state index contributed by atoms with van der Waals surface area (Å²) < 4.78 is 0. The summed E-state index contributed by atoms with van der Waals surface area (Å²) >= 11 is 0. The minimum atomic E-state index is -0.0165. The van der Waals surface area contributed by atoms with Crippen LogP contribution in [0.25, 0.3) is 0 Å². The van der Waals surface area contributed by atoms with E-state index in [0.29, 0.717) is 6.54 Å². The van der Waals surface area contributed by atoms with Crippen molar-refractivity contribution in [1.29, 1.82) is 0 Å². The van der Waals surface area contributed by atoms with Gasteiger partial charge in [0.05, 0.1) is 5.69 Å². The highest BCUT2D eigenvalue weighted by atomic mass is 14.9. The first-order valence-electron chi connectivity index (χ1n) is 5.18. The third-order valence-electron chi connectivity index (χ3n) is 3.03. The Hall–Kier alpha value is -0.960. The molecule has 0 saturated carbocycles. The van der Waals surface area contributed by atoms with Crippen LogP contribution in [0, 0.1) is 0 Å². The first-order valence-corrected chi connectivity index (χ1v) is 5.18. The number of fused-ring (bicyclic) bond motifs is 1. The van der Waals surface area contributed by atoms with E-state index < -0.39 is 0 Å². The molecule has 1 heterocycles. The summed E-state index contributed by atoms with van der Waals surface area (Å²) in [6.07, 6.45) is 5.11. The number of hydrogen-bond donors (Lipinski definition) is 1. The number of aryl methyl sites for hydroxylation is 1. The van der Waals surface area contributed by atoms with Crippen molar-refractivity contribution in [3.63, 3.8) is 0 Å². The molecule has 1 aliphatic carbocycles. The Labute approximate surface area is 84.8 Å². The molecule has 0 amide bonds. The van der Waals surface area contributed by atoms with Gasteiger partial charge in [-0.05, 0) is 24.8 Å². The van der Waals surface area contributed by atoms with Crippen molar-refractivity contribution in [2.24, 2.45) is 5.73 Å². The molecule has 2 rings (SSSR count). The lowest BCUT2D eigenvalue weighted by Gasteiger charge is -2.23. The lowest BCUT2D eigenvalue weighted by Crippen LogP contribution is -2.30. The van der Waals surface area contributed by atoms with Crippen LogP contribution in [0.1, 0.15) is 37.2 Å². The normalized spacial score (nSPS) is 15.6. The summed E-state index contributed by atoms with van der Waals surface area (Å²) in [5.74, 6) is 0. The third kappa shape index (κ3) is 1.42. The van der Waals surface area contributed by atoms with Crippen LogP contribution >= 0.6 is 0 Å². The molecule has 76 valence electrons. The summed E-state index contributed by atoms with van der Waals surface area (Å²) in [6.45, 7) is 4.93. The van der Waals surface area contributed by atoms with Gasteiger partial charge in [-0.25, -0.2) is 9.97 Å². The first-order chi connectivity index (χ1) is 6.65. The van der Waals surface area contributed by atoms with Crippen molar-refractivity contribution >= 4 is 0 Å². The van der Waals surface area contributed by atoms with Crippen molar-refractivity contribution in [3.05, 3.63) is 23.3 Å². The Kier molecular flexibility index (Phi) is 2.27. The molecule has 0 atom stereocenters. The summed E-state index contributed by atoms with van der Waals surface area (Å²) in [4.78, 5) is 8.72. The molecule has 0 spiro atoms. The zero-order chi connectivity index (χ0) is 10.2. The zero-order valence-corrected chi connectivity index (χ0v) is 8.88. The topological polar surface area (TPSA) is 51.8 Å². The summed E-state index contributed by atoms with van der Waals surface area (Å²) in [5, 5.41) is 0. The zero-order valence-electron chi connectivity index (χ0n) is 8.88. The first kappa shape index (κ1) is 9.59. The van der Waals surface area contributed by atoms with E-state index in [-0.39, 0.29) is 5.41 Å². The Balaban J connectivity index is 2.49. The average Bonchev–Trinajstić information content (AvgIpc) is 2.64. The minimum Gasteiger partial charge on any atom is -0.330 e. The number of nitrogens with two attached hydrogens (primary N) is 1. The smallest absolute Gasteiger partial charge is 0.115 e. The minimum absolute atomic E-state index is 0.0165. The second-order valence-corrected chi connectivity index (χ2v) is 4.59. The molecule has 1 aromatic heterocycles. The highest BCUT2D eigenvalue weighted by molar-refractivity contribution is 5.33. The highest BCUT2D eigenvalue weighted by Gasteiger charge is 2.27. The van der Waals surface area contributed by atoms with Crippen molar-refractivity contribution in [2.75, 3.05) is 6.54 Å². The van der Waals surface area contributed by atoms with E-state index in [9.17, 15) is 0 Å². The van der Waals surface area contributed by atoms with Crippen LogP contribution in [-0.2, 0) is 18.3 Å². The van der Waals surface area contributed by atoms with Gasteiger partial charge in [0.15, 0.2) is 0 Å². The number of aromatic nitrogens is 2. The molecule has 1 aliphatic rings. The van der Waals surface area contributed by atoms with Crippen molar-refractivity contribution in [2.45, 2.75) is 38.5 Å². The number of hydrogen-bond acceptors (Lipinski definition) is 3. The number of rotatable bonds is 2. The van der Waals surface area contributed by atoms with E-state index in [4.69, 9.17) is 5.73 Å². The van der Waals surface area contributed by atoms with Crippen LogP contribution in [0.15, 0.2) is 6.33 Å². The second kappa shape index (κ2) is 3.31. The molecule has 0 aromatic carbocycles. The quantitative estimate of drug-likeness (QED) is 0.764. The molecule has 1 aromatic rings. The largest absolute Gasteiger partial charge is 0.330 e. The molecular weight excluding hydrogens is 174 g/mol. The standard InChI is InChI=1S/C11H17N3/c1-11(2,6-12)10-8-4-3-5-9(8)13-7-14-10/h7H,3-6,12H2,1-2H3. The molecule has 3 heteroatoms. The predicted molar refractivity (Wildman–Crippen MR) is 56.1 cm³/mol. The van der Waals surface area contributed by atoms with Crippen LogP contribution in [0.2, 0.25) is 0 Å². The molecule has 0 saturated heterocycles. The predicted octanol–water partition coefficient (Wildman–Crippen LogP) is 1.20. The van der Waals surface area contributed by atoms with Crippen LogP contribution in [0.5, 0.6) is 0 Å². The van der Waals surface area contributed by atoms with Gasteiger partial charge in [-0.1, -0.05) is 13.8 Å². The maximum Gasteiger partial charge on any atom is 0.115 e. The van der Waals surface area contributed by atoms with Crippen LogP contribution in [0.3, 0.4) is 0 Å². The van der Waals surface area contributed by atoms with E-state index in [0.717, 1.165) is 18.5 Å². The summed E-state index contributed by atoms with van der Waals surface area (Å²) in [7, 11) is 0. The van der Waals surface area contributed by atoms with Crippen LogP contribution < -0.4 is 5.73 Å². The summed E-state index contributed by atoms with van der Waals surface area (Å²) in [5.41, 5.74) is 9.49. The molecule has 0 bridgehead atoms. The van der Waals surface area contributed by atoms with Crippen LogP contribution in [-0.4, -0.2) is 16.5 Å². The lowest BCUT2D eigenvalue weighted by molar-refractivity contribution is 0.514. The van der Waals surface area contributed by atoms with E-state index in [1.54, 1.807) is 6.33 Å². The van der Waals surface area contributed by atoms with Crippen molar-refractivity contribution in [1.82, 2.24) is 9.97 Å². The molecule has 0 radical (unpaired) electrons. The lowest BCUT2D eigenvalue weighted by atomic mass is 9.86. The van der Waals surface area contributed by atoms with Gasteiger partial charge in [-0.3, -0.25) is 0 Å². The van der Waals surface area contributed by atoms with E-state index in [2.05, 4.69) is 23.8 Å². The monoisotopic (exact) mass is 191 g/mol. The molecule has 0 unspecified atom stereocenters. The maximum absolute atomic E-state index is 5.77. The van der Waals surface area contributed by atoms with Crippen molar-refractivity contribution in [3.8, 4) is 0 Å². The molecular formula is C11H17N3. The van der Waals surface area contributed by atoms with Gasteiger partial charge < -0.3 is 5.73 Å². The summed E-state index contributed by atoms with van der Waals surface area (Å²) in [6, 6.07) is 0. The molecule has 3 nitrogen and oxygen atoms in total. The fourth-order valence-corrected chi connectivity index (χ4v) is 2.04. The molecule has 0 aliphatic heterocycles. The highest BCUT2D eigenvalue weighted by Crippen LogP contribution is 2.29. The van der Waals surface area contributed by atoms with Gasteiger partial charge in [0.25, 0.3) is 0 Å². The van der Waals surface area contributed by atoms with Gasteiger partial charge in [-0.15, -0.1) is 0 Å². The van der Waals surface area contributed by atoms with Crippen molar-refractivity contribution < 1.29 is 0 Å². The Bertz CT molecular complexity index is 344. The van der Waals surface area contributed by atoms with Gasteiger partial charge in [0.1, 0.15) is 6.33 Å². The molecule has 14 heavy (non-hydrogen) atoms. The average molecular weight is 191 g/mol.